The summed E-state index contributed by atoms with van der Waals surface area (Å²) in [5, 5.41) is 2.50. The fraction of sp³-hybridized carbons (Fsp3) is 0.0923. The molecule has 0 aliphatic heterocycles. The Balaban J connectivity index is 1.10. The quantitative estimate of drug-likeness (QED) is 0.129. The summed E-state index contributed by atoms with van der Waals surface area (Å²) in [6.45, 7) is 6.80. The molecule has 12 rings (SSSR count). The van der Waals surface area contributed by atoms with E-state index >= 15 is 0 Å². The van der Waals surface area contributed by atoms with Crippen molar-refractivity contribution in [3.8, 4) is 44.5 Å². The fourth-order valence-corrected chi connectivity index (χ4v) is 11.4. The summed E-state index contributed by atoms with van der Waals surface area (Å²) in [7, 11) is 0. The Labute approximate surface area is 393 Å². The van der Waals surface area contributed by atoms with Crippen molar-refractivity contribution >= 4 is 38.9 Å². The number of allylic oxidation sites excluding steroid dienone is 3. The third-order valence-electron chi connectivity index (χ3n) is 14.4. The maximum atomic E-state index is 5.79. The first-order chi connectivity index (χ1) is 33.1. The molecule has 2 nitrogen and oxygen atoms in total. The van der Waals surface area contributed by atoms with E-state index in [1.54, 1.807) is 0 Å². The van der Waals surface area contributed by atoms with E-state index in [1.807, 2.05) is 0 Å². The van der Waals surface area contributed by atoms with Crippen molar-refractivity contribution in [3.63, 3.8) is 0 Å². The minimum Gasteiger partial charge on any atom is -0.313 e. The number of aliphatic imine (C=N–C) groups is 1. The van der Waals surface area contributed by atoms with Crippen LogP contribution in [-0.2, 0) is 5.41 Å². The van der Waals surface area contributed by atoms with Crippen LogP contribution in [0.1, 0.15) is 67.0 Å². The maximum Gasteiger partial charge on any atom is 0.0758 e. The molecular weight excluding hydrogens is 809 g/mol. The van der Waals surface area contributed by atoms with Gasteiger partial charge in [0.05, 0.1) is 27.9 Å². The van der Waals surface area contributed by atoms with Crippen molar-refractivity contribution in [2.45, 2.75) is 39.0 Å². The molecule has 2 heteroatoms. The number of fused-ring (bicyclic) bond motifs is 13. The van der Waals surface area contributed by atoms with E-state index in [4.69, 9.17) is 4.99 Å². The second-order valence-electron chi connectivity index (χ2n) is 17.9. The van der Waals surface area contributed by atoms with Crippen LogP contribution in [0.25, 0.3) is 77.7 Å². The number of hydrogen-bond acceptors (Lipinski definition) is 1. The Kier molecular flexibility index (Phi) is 9.91. The molecule has 0 fully saturated rings. The molecule has 2 aliphatic rings. The van der Waals surface area contributed by atoms with Crippen molar-refractivity contribution in [1.29, 1.82) is 0 Å². The van der Waals surface area contributed by atoms with Crippen molar-refractivity contribution in [3.05, 3.63) is 263 Å². The highest BCUT2D eigenvalue weighted by Gasteiger charge is 2.51. The van der Waals surface area contributed by atoms with Crippen molar-refractivity contribution in [2.75, 3.05) is 0 Å². The van der Waals surface area contributed by atoms with E-state index < -0.39 is 5.41 Å². The van der Waals surface area contributed by atoms with Crippen LogP contribution in [-0.4, -0.2) is 10.3 Å². The Bertz CT molecular complexity index is 3590. The molecule has 0 radical (unpaired) electrons. The maximum absolute atomic E-state index is 5.79. The SMILES string of the molecule is CC/C=C(\N=C(C(CC)=C(C)n1c2ccccc2c2cc3c(cc21)-c1ccccc1C31c2ccccc2-c2ccccc21)c1ccc(-c2ccccc2)cc1)c1cccc(-c2ccccc2)c1. The zero-order valence-corrected chi connectivity index (χ0v) is 38.2. The minimum absolute atomic E-state index is 0.415. The summed E-state index contributed by atoms with van der Waals surface area (Å²) >= 11 is 0. The number of nitrogens with zero attached hydrogens (tertiary/aromatic N) is 2. The lowest BCUT2D eigenvalue weighted by Crippen LogP contribution is -2.25. The van der Waals surface area contributed by atoms with Gasteiger partial charge in [0.2, 0.25) is 0 Å². The van der Waals surface area contributed by atoms with Crippen LogP contribution in [0.3, 0.4) is 0 Å². The summed E-state index contributed by atoms with van der Waals surface area (Å²) < 4.78 is 2.53. The predicted octanol–water partition coefficient (Wildman–Crippen LogP) is 17.1. The van der Waals surface area contributed by atoms with E-state index in [0.717, 1.165) is 35.4 Å². The number of hydrogen-bond donors (Lipinski definition) is 0. The monoisotopic (exact) mass is 858 g/mol. The number of benzene rings is 9. The first kappa shape index (κ1) is 40.4. The zero-order chi connectivity index (χ0) is 45.1. The molecule has 1 heterocycles. The second-order valence-corrected chi connectivity index (χ2v) is 17.9. The Morgan fingerprint density at radius 2 is 0.985 bits per heavy atom. The molecule has 0 N–H and O–H groups in total. The van der Waals surface area contributed by atoms with E-state index in [-0.39, 0.29) is 0 Å². The average molecular weight is 859 g/mol. The number of para-hydroxylation sites is 1. The molecule has 0 atom stereocenters. The van der Waals surface area contributed by atoms with Gasteiger partial charge >= 0.3 is 0 Å². The molecule has 0 amide bonds. The van der Waals surface area contributed by atoms with Crippen LogP contribution in [0.5, 0.6) is 0 Å². The van der Waals surface area contributed by atoms with Gasteiger partial charge in [0.15, 0.2) is 0 Å². The first-order valence-corrected chi connectivity index (χ1v) is 23.8. The topological polar surface area (TPSA) is 17.3 Å². The standard InChI is InChI=1S/C65H50N2/c1-4-21-61(49-27-20-26-48(40-49)45-24-10-7-11-25-45)66-64(47-38-36-46(37-39-47)44-22-8-6-9-23-44)50(5-2)43(3)67-62-35-19-15-31-54(62)56-41-60-55(42-63(56)67)53-30-14-18-34-59(53)65(60)57-32-16-12-28-51(57)52-29-13-17-33-58(52)65/h6-42H,4-5H2,1-3H3/b50-43?,61-21-,66-64?. The average Bonchev–Trinajstić information content (AvgIpc) is 3.99. The molecule has 1 aromatic heterocycles. The number of rotatable bonds is 9. The van der Waals surface area contributed by atoms with Gasteiger partial charge in [-0.25, -0.2) is 4.99 Å². The lowest BCUT2D eigenvalue weighted by molar-refractivity contribution is 0.795. The summed E-state index contributed by atoms with van der Waals surface area (Å²) in [6, 6.07) is 80.5. The van der Waals surface area contributed by atoms with Gasteiger partial charge in [-0.05, 0) is 116 Å². The normalized spacial score (nSPS) is 14.0. The minimum atomic E-state index is -0.415. The van der Waals surface area contributed by atoms with Crippen molar-refractivity contribution < 1.29 is 0 Å². The van der Waals surface area contributed by atoms with Crippen molar-refractivity contribution in [2.24, 2.45) is 4.99 Å². The molecule has 9 aromatic carbocycles. The van der Waals surface area contributed by atoms with Gasteiger partial charge in [-0.1, -0.05) is 214 Å². The lowest BCUT2D eigenvalue weighted by atomic mass is 9.70. The van der Waals surface area contributed by atoms with Gasteiger partial charge in [0.25, 0.3) is 0 Å². The molecule has 320 valence electrons. The van der Waals surface area contributed by atoms with E-state index in [2.05, 4.69) is 250 Å². The second kappa shape index (κ2) is 16.4. The first-order valence-electron chi connectivity index (χ1n) is 23.8. The van der Waals surface area contributed by atoms with Gasteiger partial charge in [-0.2, -0.15) is 0 Å². The molecule has 0 unspecified atom stereocenters. The Morgan fingerprint density at radius 1 is 0.448 bits per heavy atom. The highest BCUT2D eigenvalue weighted by atomic mass is 15.0. The van der Waals surface area contributed by atoms with Gasteiger partial charge in [0, 0.05) is 27.6 Å². The van der Waals surface area contributed by atoms with Gasteiger partial charge in [-0.15, -0.1) is 0 Å². The van der Waals surface area contributed by atoms with E-state index in [9.17, 15) is 0 Å². The Morgan fingerprint density at radius 3 is 1.61 bits per heavy atom. The smallest absolute Gasteiger partial charge is 0.0758 e. The van der Waals surface area contributed by atoms with Crippen LogP contribution in [0.2, 0.25) is 0 Å². The molecule has 0 saturated heterocycles. The van der Waals surface area contributed by atoms with Crippen LogP contribution in [0.4, 0.5) is 0 Å². The summed E-state index contributed by atoms with van der Waals surface area (Å²) in [4.78, 5) is 5.79. The molecular formula is C65H50N2. The van der Waals surface area contributed by atoms with Crippen LogP contribution in [0, 0.1) is 0 Å². The van der Waals surface area contributed by atoms with Crippen LogP contribution < -0.4 is 0 Å². The summed E-state index contributed by atoms with van der Waals surface area (Å²) in [6.07, 6.45) is 3.92. The summed E-state index contributed by atoms with van der Waals surface area (Å²) in [5.41, 5.74) is 23.9. The summed E-state index contributed by atoms with van der Waals surface area (Å²) in [5.74, 6) is 0. The molecule has 0 saturated carbocycles. The number of aromatic nitrogens is 1. The molecule has 10 aromatic rings. The third kappa shape index (κ3) is 6.35. The molecule has 1 spiro atoms. The van der Waals surface area contributed by atoms with E-state index in [1.165, 1.54) is 99.8 Å². The molecule has 67 heavy (non-hydrogen) atoms. The molecule has 2 aliphatic carbocycles. The zero-order valence-electron chi connectivity index (χ0n) is 38.2. The van der Waals surface area contributed by atoms with Crippen LogP contribution in [0.15, 0.2) is 235 Å². The lowest BCUT2D eigenvalue weighted by Gasteiger charge is -2.30. The highest BCUT2D eigenvalue weighted by molar-refractivity contribution is 6.19. The van der Waals surface area contributed by atoms with Gasteiger partial charge in [-0.3, -0.25) is 0 Å². The van der Waals surface area contributed by atoms with Crippen LogP contribution >= 0.6 is 0 Å². The largest absolute Gasteiger partial charge is 0.313 e. The highest BCUT2D eigenvalue weighted by Crippen LogP contribution is 2.63. The predicted molar refractivity (Wildman–Crippen MR) is 283 cm³/mol. The van der Waals surface area contributed by atoms with Gasteiger partial charge < -0.3 is 4.57 Å². The fourth-order valence-electron chi connectivity index (χ4n) is 11.4. The van der Waals surface area contributed by atoms with Crippen molar-refractivity contribution in [1.82, 2.24) is 4.57 Å². The van der Waals surface area contributed by atoms with Gasteiger partial charge in [0.1, 0.15) is 0 Å². The Hall–Kier alpha value is -8.07. The van der Waals surface area contributed by atoms with E-state index in [0.29, 0.717) is 0 Å². The molecule has 0 bridgehead atoms. The third-order valence-corrected chi connectivity index (χ3v) is 14.4.